The first-order valence-electron chi connectivity index (χ1n) is 12.0. The number of carbonyl (C=O) groups is 1. The Kier molecular flexibility index (Phi) is 7.93. The average Bonchev–Trinajstić information content (AvgIpc) is 3.57. The van der Waals surface area contributed by atoms with Gasteiger partial charge in [0.15, 0.2) is 11.5 Å². The number of carboxylic acid groups (broad SMARTS) is 1. The summed E-state index contributed by atoms with van der Waals surface area (Å²) in [7, 11) is 0. The highest BCUT2D eigenvalue weighted by Crippen LogP contribution is 2.41. The van der Waals surface area contributed by atoms with Gasteiger partial charge in [-0.25, -0.2) is 9.37 Å². The maximum atomic E-state index is 14.7. The number of allylic oxidation sites excluding steroid dienone is 2. The quantitative estimate of drug-likeness (QED) is 0.391. The van der Waals surface area contributed by atoms with E-state index >= 15 is 0 Å². The number of alkyl halides is 2. The first-order chi connectivity index (χ1) is 17.6. The van der Waals surface area contributed by atoms with Crippen molar-refractivity contribution in [3.05, 3.63) is 53.7 Å². The molecule has 0 saturated heterocycles. The number of hydrogen-bond acceptors (Lipinski definition) is 7. The summed E-state index contributed by atoms with van der Waals surface area (Å²) in [5.74, 6) is -1.39. The standard InChI is InChI=1S/C26H29F3N2O6/c1-3-34-22-17(27)5-4-10-26(22,24(32)33)12-18-21(14(2)30)37-23(31-18)16-8-9-19(36-25(28)29)20(11-16)35-13-15-6-7-15/h4-5,8-11,14-15,22,25H,3,6-7,12-13,30H2,1-2H3,(H,32,33)/t14?,22?,26-/m1/s1. The molecule has 0 amide bonds. The molecule has 4 rings (SSSR count). The van der Waals surface area contributed by atoms with Crippen LogP contribution in [0.1, 0.15) is 44.2 Å². The Morgan fingerprint density at radius 1 is 1.32 bits per heavy atom. The fourth-order valence-corrected chi connectivity index (χ4v) is 4.22. The van der Waals surface area contributed by atoms with Gasteiger partial charge in [-0.05, 0) is 56.9 Å². The third-order valence-electron chi connectivity index (χ3n) is 6.28. The highest BCUT2D eigenvalue weighted by atomic mass is 19.3. The second-order valence-electron chi connectivity index (χ2n) is 9.18. The second-order valence-corrected chi connectivity index (χ2v) is 9.18. The monoisotopic (exact) mass is 522 g/mol. The SMILES string of the molecule is CCOC1C(F)=CC=C[C@]1(Cc1nc(-c2ccc(OC(F)F)c(OCC3CC3)c2)oc1C(C)N)C(=O)O. The van der Waals surface area contributed by atoms with Crippen molar-refractivity contribution >= 4 is 5.97 Å². The van der Waals surface area contributed by atoms with E-state index < -0.39 is 36.0 Å². The van der Waals surface area contributed by atoms with Crippen molar-refractivity contribution in [3.8, 4) is 23.0 Å². The molecule has 2 aliphatic carbocycles. The molecule has 2 unspecified atom stereocenters. The Morgan fingerprint density at radius 3 is 2.70 bits per heavy atom. The summed E-state index contributed by atoms with van der Waals surface area (Å²) in [6.07, 6.45) is 4.24. The van der Waals surface area contributed by atoms with E-state index in [-0.39, 0.29) is 41.9 Å². The summed E-state index contributed by atoms with van der Waals surface area (Å²) in [4.78, 5) is 17.0. The van der Waals surface area contributed by atoms with Crippen LogP contribution in [0.4, 0.5) is 13.2 Å². The van der Waals surface area contributed by atoms with Crippen LogP contribution in [0, 0.1) is 11.3 Å². The minimum absolute atomic E-state index is 0.0754. The largest absolute Gasteiger partial charge is 0.489 e. The third kappa shape index (κ3) is 5.83. The lowest BCUT2D eigenvalue weighted by Gasteiger charge is -2.35. The zero-order valence-corrected chi connectivity index (χ0v) is 20.5. The lowest BCUT2D eigenvalue weighted by molar-refractivity contribution is -0.154. The van der Waals surface area contributed by atoms with Gasteiger partial charge < -0.3 is 29.5 Å². The van der Waals surface area contributed by atoms with Gasteiger partial charge in [0.2, 0.25) is 5.89 Å². The number of aromatic nitrogens is 1. The zero-order chi connectivity index (χ0) is 26.7. The van der Waals surface area contributed by atoms with E-state index in [0.29, 0.717) is 18.1 Å². The van der Waals surface area contributed by atoms with Gasteiger partial charge in [0.05, 0.1) is 18.3 Å². The summed E-state index contributed by atoms with van der Waals surface area (Å²) < 4.78 is 62.2. The van der Waals surface area contributed by atoms with Crippen LogP contribution in [-0.4, -0.2) is 42.0 Å². The van der Waals surface area contributed by atoms with E-state index in [1.807, 2.05) is 0 Å². The lowest BCUT2D eigenvalue weighted by Crippen LogP contribution is -2.46. The minimum atomic E-state index is -3.03. The van der Waals surface area contributed by atoms with Gasteiger partial charge in [-0.1, -0.05) is 12.2 Å². The van der Waals surface area contributed by atoms with E-state index in [2.05, 4.69) is 9.72 Å². The predicted octanol–water partition coefficient (Wildman–Crippen LogP) is 5.19. The lowest BCUT2D eigenvalue weighted by atomic mass is 9.74. The number of ether oxygens (including phenoxy) is 3. The number of aliphatic carboxylic acids is 1. The van der Waals surface area contributed by atoms with Crippen LogP contribution < -0.4 is 15.2 Å². The molecule has 1 fully saturated rings. The van der Waals surface area contributed by atoms with Crippen molar-refractivity contribution in [3.63, 3.8) is 0 Å². The van der Waals surface area contributed by atoms with E-state index in [1.165, 1.54) is 30.4 Å². The Labute approximate surface area is 211 Å². The first-order valence-corrected chi connectivity index (χ1v) is 12.0. The maximum Gasteiger partial charge on any atom is 0.387 e. The van der Waals surface area contributed by atoms with Gasteiger partial charge >= 0.3 is 12.6 Å². The number of nitrogens with two attached hydrogens (primary N) is 1. The fraction of sp³-hybridized carbons (Fsp3) is 0.462. The molecular weight excluding hydrogens is 493 g/mol. The Morgan fingerprint density at radius 2 is 2.08 bits per heavy atom. The molecule has 1 aromatic heterocycles. The number of benzene rings is 1. The maximum absolute atomic E-state index is 14.7. The Bertz CT molecular complexity index is 1190. The smallest absolute Gasteiger partial charge is 0.387 e. The molecule has 2 aromatic rings. The number of oxazole rings is 1. The molecular formula is C26H29F3N2O6. The molecule has 11 heteroatoms. The average molecular weight is 523 g/mol. The van der Waals surface area contributed by atoms with Gasteiger partial charge in [-0.15, -0.1) is 0 Å². The van der Waals surface area contributed by atoms with E-state index in [0.717, 1.165) is 18.9 Å². The molecule has 0 aliphatic heterocycles. The van der Waals surface area contributed by atoms with Crippen molar-refractivity contribution in [2.45, 2.75) is 51.9 Å². The van der Waals surface area contributed by atoms with Crippen LogP contribution in [0.15, 0.2) is 46.7 Å². The van der Waals surface area contributed by atoms with Gasteiger partial charge in [0.1, 0.15) is 23.1 Å². The van der Waals surface area contributed by atoms with Crippen molar-refractivity contribution < 1.29 is 41.7 Å². The summed E-state index contributed by atoms with van der Waals surface area (Å²) in [6.45, 7) is 0.703. The number of nitrogens with zero attached hydrogens (tertiary/aromatic N) is 1. The van der Waals surface area contributed by atoms with Gasteiger partial charge in [0.25, 0.3) is 0 Å². The van der Waals surface area contributed by atoms with Crippen molar-refractivity contribution in [1.82, 2.24) is 4.98 Å². The van der Waals surface area contributed by atoms with E-state index in [9.17, 15) is 23.1 Å². The van der Waals surface area contributed by atoms with Gasteiger partial charge in [-0.2, -0.15) is 8.78 Å². The molecule has 1 saturated carbocycles. The van der Waals surface area contributed by atoms with Crippen LogP contribution in [0.3, 0.4) is 0 Å². The number of hydrogen-bond donors (Lipinski definition) is 2. The fourth-order valence-electron chi connectivity index (χ4n) is 4.22. The van der Waals surface area contributed by atoms with Crippen molar-refractivity contribution in [2.75, 3.05) is 13.2 Å². The molecule has 3 atom stereocenters. The van der Waals surface area contributed by atoms with Crippen LogP contribution in [0.25, 0.3) is 11.5 Å². The molecule has 2 aliphatic rings. The number of rotatable bonds is 12. The molecule has 3 N–H and O–H groups in total. The van der Waals surface area contributed by atoms with Crippen LogP contribution in [0.2, 0.25) is 0 Å². The summed E-state index contributed by atoms with van der Waals surface area (Å²) in [6, 6.07) is 3.60. The molecule has 0 spiro atoms. The zero-order valence-electron chi connectivity index (χ0n) is 20.5. The van der Waals surface area contributed by atoms with Crippen LogP contribution in [0.5, 0.6) is 11.5 Å². The highest BCUT2D eigenvalue weighted by molar-refractivity contribution is 5.80. The molecule has 1 heterocycles. The number of halogens is 3. The highest BCUT2D eigenvalue weighted by Gasteiger charge is 2.49. The molecule has 37 heavy (non-hydrogen) atoms. The molecule has 0 radical (unpaired) electrons. The third-order valence-corrected chi connectivity index (χ3v) is 6.28. The Hall–Kier alpha value is -3.31. The van der Waals surface area contributed by atoms with Crippen LogP contribution in [-0.2, 0) is 16.0 Å². The predicted molar refractivity (Wildman–Crippen MR) is 127 cm³/mol. The first kappa shape index (κ1) is 26.7. The Balaban J connectivity index is 1.71. The molecule has 8 nitrogen and oxygen atoms in total. The molecule has 1 aromatic carbocycles. The van der Waals surface area contributed by atoms with Crippen LogP contribution >= 0.6 is 0 Å². The minimum Gasteiger partial charge on any atom is -0.489 e. The van der Waals surface area contributed by atoms with E-state index in [4.69, 9.17) is 19.6 Å². The van der Waals surface area contributed by atoms with E-state index in [1.54, 1.807) is 13.8 Å². The molecule has 0 bridgehead atoms. The molecule has 200 valence electrons. The summed E-state index contributed by atoms with van der Waals surface area (Å²) in [5, 5.41) is 10.2. The normalized spacial score (nSPS) is 22.1. The summed E-state index contributed by atoms with van der Waals surface area (Å²) >= 11 is 0. The van der Waals surface area contributed by atoms with Gasteiger partial charge in [0, 0.05) is 18.6 Å². The summed E-state index contributed by atoms with van der Waals surface area (Å²) in [5.41, 5.74) is 4.91. The second kappa shape index (κ2) is 11.0. The van der Waals surface area contributed by atoms with Crippen molar-refractivity contribution in [1.29, 1.82) is 0 Å². The number of carboxylic acids is 1. The topological polar surface area (TPSA) is 117 Å². The van der Waals surface area contributed by atoms with Crippen molar-refractivity contribution in [2.24, 2.45) is 17.1 Å². The van der Waals surface area contributed by atoms with Gasteiger partial charge in [-0.3, -0.25) is 4.79 Å².